The molecule has 0 unspecified atom stereocenters. The molecule has 1 aromatic heterocycles. The highest BCUT2D eigenvalue weighted by Gasteiger charge is 2.39. The fourth-order valence-corrected chi connectivity index (χ4v) is 4.57. The maximum atomic E-state index is 13.1. The number of aromatic nitrogens is 2. The predicted molar refractivity (Wildman–Crippen MR) is 85.1 cm³/mol. The standard InChI is InChI=1S/C15H18ClN3O2S/c1-11-13(16)4-3-5-14(11)22(20,21)19(12-6-7-12)10-15-17-8-9-18(15)2/h3-5,8-9,12H,6-7,10H2,1-2H3. The van der Waals surface area contributed by atoms with Gasteiger partial charge in [0, 0.05) is 30.5 Å². The van der Waals surface area contributed by atoms with Crippen LogP contribution in [0.15, 0.2) is 35.5 Å². The molecule has 3 rings (SSSR count). The molecule has 5 nitrogen and oxygen atoms in total. The Morgan fingerprint density at radius 3 is 2.73 bits per heavy atom. The van der Waals surface area contributed by atoms with Crippen molar-refractivity contribution in [3.05, 3.63) is 47.0 Å². The minimum atomic E-state index is -3.59. The van der Waals surface area contributed by atoms with Crippen molar-refractivity contribution in [3.8, 4) is 0 Å². The van der Waals surface area contributed by atoms with Crippen LogP contribution in [0.25, 0.3) is 0 Å². The zero-order valence-corrected chi connectivity index (χ0v) is 14.1. The number of sulfonamides is 1. The Hall–Kier alpha value is -1.37. The van der Waals surface area contributed by atoms with E-state index in [1.54, 1.807) is 35.6 Å². The van der Waals surface area contributed by atoms with Crippen molar-refractivity contribution >= 4 is 21.6 Å². The lowest BCUT2D eigenvalue weighted by molar-refractivity contribution is 0.385. The van der Waals surface area contributed by atoms with Gasteiger partial charge in [-0.15, -0.1) is 0 Å². The van der Waals surface area contributed by atoms with Gasteiger partial charge in [-0.1, -0.05) is 17.7 Å². The van der Waals surface area contributed by atoms with E-state index in [4.69, 9.17) is 11.6 Å². The van der Waals surface area contributed by atoms with Crippen LogP contribution in [0.3, 0.4) is 0 Å². The lowest BCUT2D eigenvalue weighted by Crippen LogP contribution is -2.34. The first kappa shape index (κ1) is 15.5. The Kier molecular flexibility index (Phi) is 4.01. The fraction of sp³-hybridized carbons (Fsp3) is 0.400. The fourth-order valence-electron chi connectivity index (χ4n) is 2.45. The van der Waals surface area contributed by atoms with E-state index in [1.165, 1.54) is 0 Å². The van der Waals surface area contributed by atoms with Gasteiger partial charge in [0.15, 0.2) is 0 Å². The van der Waals surface area contributed by atoms with Crippen LogP contribution in [0.5, 0.6) is 0 Å². The first-order valence-electron chi connectivity index (χ1n) is 7.14. The van der Waals surface area contributed by atoms with Crippen molar-refractivity contribution in [2.45, 2.75) is 37.2 Å². The van der Waals surface area contributed by atoms with E-state index in [0.717, 1.165) is 18.7 Å². The molecule has 2 aromatic rings. The molecular formula is C15H18ClN3O2S. The lowest BCUT2D eigenvalue weighted by Gasteiger charge is -2.23. The van der Waals surface area contributed by atoms with Crippen molar-refractivity contribution in [1.82, 2.24) is 13.9 Å². The Morgan fingerprint density at radius 2 is 2.14 bits per heavy atom. The van der Waals surface area contributed by atoms with Crippen molar-refractivity contribution < 1.29 is 8.42 Å². The average Bonchev–Trinajstić information content (AvgIpc) is 3.22. The summed E-state index contributed by atoms with van der Waals surface area (Å²) in [5.74, 6) is 0.732. The molecule has 1 aliphatic rings. The van der Waals surface area contributed by atoms with Gasteiger partial charge < -0.3 is 4.57 Å². The van der Waals surface area contributed by atoms with E-state index in [0.29, 0.717) is 10.6 Å². The van der Waals surface area contributed by atoms with E-state index < -0.39 is 10.0 Å². The number of rotatable bonds is 5. The maximum absolute atomic E-state index is 13.1. The Balaban J connectivity index is 2.00. The molecule has 1 aromatic carbocycles. The van der Waals surface area contributed by atoms with E-state index in [-0.39, 0.29) is 17.5 Å². The van der Waals surface area contributed by atoms with Crippen molar-refractivity contribution in [2.24, 2.45) is 7.05 Å². The highest BCUT2D eigenvalue weighted by molar-refractivity contribution is 7.89. The Bertz CT molecular complexity index is 797. The lowest BCUT2D eigenvalue weighted by atomic mass is 10.2. The van der Waals surface area contributed by atoms with Crippen LogP contribution in [-0.4, -0.2) is 28.3 Å². The van der Waals surface area contributed by atoms with Gasteiger partial charge in [-0.2, -0.15) is 4.31 Å². The topological polar surface area (TPSA) is 55.2 Å². The van der Waals surface area contributed by atoms with E-state index in [2.05, 4.69) is 4.98 Å². The van der Waals surface area contributed by atoms with Crippen LogP contribution < -0.4 is 0 Å². The monoisotopic (exact) mass is 339 g/mol. The molecule has 1 fully saturated rings. The third-order valence-corrected chi connectivity index (χ3v) is 6.43. The highest BCUT2D eigenvalue weighted by atomic mass is 35.5. The summed E-state index contributed by atoms with van der Waals surface area (Å²) in [6.45, 7) is 2.02. The highest BCUT2D eigenvalue weighted by Crippen LogP contribution is 2.35. The van der Waals surface area contributed by atoms with Gasteiger partial charge in [0.25, 0.3) is 0 Å². The molecule has 0 radical (unpaired) electrons. The molecule has 1 saturated carbocycles. The third kappa shape index (κ3) is 2.78. The molecule has 1 heterocycles. The molecule has 0 aliphatic heterocycles. The van der Waals surface area contributed by atoms with Gasteiger partial charge >= 0.3 is 0 Å². The number of hydrogen-bond donors (Lipinski definition) is 0. The molecule has 22 heavy (non-hydrogen) atoms. The zero-order valence-electron chi connectivity index (χ0n) is 12.5. The predicted octanol–water partition coefficient (Wildman–Crippen LogP) is 2.74. The number of imidazole rings is 1. The number of nitrogens with zero attached hydrogens (tertiary/aromatic N) is 3. The molecule has 0 atom stereocenters. The molecule has 0 spiro atoms. The van der Waals surface area contributed by atoms with Crippen LogP contribution in [0.4, 0.5) is 0 Å². The van der Waals surface area contributed by atoms with Gasteiger partial charge in [0.2, 0.25) is 10.0 Å². The number of halogens is 1. The van der Waals surface area contributed by atoms with Crippen LogP contribution in [-0.2, 0) is 23.6 Å². The summed E-state index contributed by atoms with van der Waals surface area (Å²) in [6, 6.07) is 5.05. The second-order valence-electron chi connectivity index (χ2n) is 5.60. The summed E-state index contributed by atoms with van der Waals surface area (Å²) < 4.78 is 29.5. The van der Waals surface area contributed by atoms with Crippen LogP contribution >= 0.6 is 11.6 Å². The summed E-state index contributed by atoms with van der Waals surface area (Å²) >= 11 is 6.09. The minimum absolute atomic E-state index is 0.0556. The van der Waals surface area contributed by atoms with Crippen molar-refractivity contribution in [3.63, 3.8) is 0 Å². The molecule has 118 valence electrons. The first-order valence-corrected chi connectivity index (χ1v) is 8.96. The molecule has 0 N–H and O–H groups in total. The first-order chi connectivity index (χ1) is 10.4. The van der Waals surface area contributed by atoms with Gasteiger partial charge in [-0.05, 0) is 37.5 Å². The normalized spacial score (nSPS) is 15.5. The van der Waals surface area contributed by atoms with Gasteiger partial charge in [0.1, 0.15) is 5.82 Å². The van der Waals surface area contributed by atoms with Crippen LogP contribution in [0.2, 0.25) is 5.02 Å². The van der Waals surface area contributed by atoms with E-state index in [1.807, 2.05) is 17.8 Å². The largest absolute Gasteiger partial charge is 0.337 e. The van der Waals surface area contributed by atoms with Gasteiger partial charge in [-0.25, -0.2) is 13.4 Å². The van der Waals surface area contributed by atoms with E-state index in [9.17, 15) is 8.42 Å². The summed E-state index contributed by atoms with van der Waals surface area (Å²) in [6.07, 6.45) is 5.28. The minimum Gasteiger partial charge on any atom is -0.337 e. The van der Waals surface area contributed by atoms with E-state index >= 15 is 0 Å². The van der Waals surface area contributed by atoms with Crippen LogP contribution in [0, 0.1) is 6.92 Å². The summed E-state index contributed by atoms with van der Waals surface area (Å²) in [7, 11) is -1.72. The molecule has 1 aliphatic carbocycles. The summed E-state index contributed by atoms with van der Waals surface area (Å²) in [4.78, 5) is 4.52. The smallest absolute Gasteiger partial charge is 0.244 e. The Morgan fingerprint density at radius 1 is 1.41 bits per heavy atom. The van der Waals surface area contributed by atoms with Crippen molar-refractivity contribution in [2.75, 3.05) is 0 Å². The van der Waals surface area contributed by atoms with Gasteiger partial charge in [-0.3, -0.25) is 0 Å². The maximum Gasteiger partial charge on any atom is 0.244 e. The second kappa shape index (κ2) is 5.68. The summed E-state index contributed by atoms with van der Waals surface area (Å²) in [5, 5.41) is 0.466. The Labute approximate surface area is 135 Å². The molecule has 7 heteroatoms. The second-order valence-corrected chi connectivity index (χ2v) is 7.86. The number of hydrogen-bond acceptors (Lipinski definition) is 3. The molecule has 0 bridgehead atoms. The zero-order chi connectivity index (χ0) is 15.9. The molecular weight excluding hydrogens is 322 g/mol. The summed E-state index contributed by atoms with van der Waals surface area (Å²) in [5.41, 5.74) is 0.592. The van der Waals surface area contributed by atoms with Crippen LogP contribution in [0.1, 0.15) is 24.2 Å². The third-order valence-electron chi connectivity index (χ3n) is 3.98. The molecule has 0 amide bonds. The average molecular weight is 340 g/mol. The quantitative estimate of drug-likeness (QED) is 0.841. The molecule has 0 saturated heterocycles. The van der Waals surface area contributed by atoms with Crippen molar-refractivity contribution in [1.29, 1.82) is 0 Å². The number of benzene rings is 1. The van der Waals surface area contributed by atoms with Gasteiger partial charge in [0.05, 0.1) is 11.4 Å². The number of aryl methyl sites for hydroxylation is 1. The SMILES string of the molecule is Cc1c(Cl)cccc1S(=O)(=O)N(Cc1nccn1C)C1CC1.